The van der Waals surface area contributed by atoms with Crippen LogP contribution in [0.25, 0.3) is 0 Å². The molecule has 0 aromatic rings. The lowest BCUT2D eigenvalue weighted by atomic mass is 9.84. The zero-order valence-electron chi connectivity index (χ0n) is 22.2. The maximum Gasteiger partial charge on any atom is 0.470 e. The first-order valence-electron chi connectivity index (χ1n) is 12.4. The van der Waals surface area contributed by atoms with E-state index in [0.29, 0.717) is 12.8 Å². The van der Waals surface area contributed by atoms with Gasteiger partial charge in [0, 0.05) is 13.0 Å². The van der Waals surface area contributed by atoms with Crippen LogP contribution in [-0.4, -0.2) is 88.3 Å². The van der Waals surface area contributed by atoms with Crippen LogP contribution < -0.4 is 0 Å². The Morgan fingerprint density at radius 3 is 1.29 bits per heavy atom. The van der Waals surface area contributed by atoms with E-state index in [1.54, 1.807) is 6.92 Å². The Kier molecular flexibility index (Phi) is 15.9. The Balaban J connectivity index is 3.72. The van der Waals surface area contributed by atoms with E-state index in [4.69, 9.17) is 9.47 Å². The van der Waals surface area contributed by atoms with E-state index in [0.717, 1.165) is 25.7 Å². The molecule has 0 amide bonds. The van der Waals surface area contributed by atoms with Crippen molar-refractivity contribution >= 4 is 37.3 Å². The van der Waals surface area contributed by atoms with Crippen molar-refractivity contribution < 1.29 is 89.8 Å². The van der Waals surface area contributed by atoms with Crippen molar-refractivity contribution in [2.75, 3.05) is 6.61 Å². The van der Waals surface area contributed by atoms with Crippen LogP contribution in [0.2, 0.25) is 0 Å². The number of unbranched alkanes of at least 4 members (excludes halogenated alkanes) is 5. The highest BCUT2D eigenvalue weighted by atomic mass is 31.2. The number of hydrogen-bond acceptors (Lipinski definition) is 11. The minimum Gasteiger partial charge on any atom is -0.457 e. The summed E-state index contributed by atoms with van der Waals surface area (Å²) in [5.41, 5.74) is 0. The van der Waals surface area contributed by atoms with E-state index in [-0.39, 0.29) is 19.4 Å². The van der Waals surface area contributed by atoms with Crippen LogP contribution >= 0.6 is 31.3 Å². The van der Waals surface area contributed by atoms with E-state index < -0.39 is 73.9 Å². The molecular formula is C18H38O19P4. The van der Waals surface area contributed by atoms with Gasteiger partial charge in [0.1, 0.15) is 30.5 Å². The van der Waals surface area contributed by atoms with Gasteiger partial charge >= 0.3 is 37.3 Å². The lowest BCUT2D eigenvalue weighted by Gasteiger charge is -2.48. The molecule has 23 heteroatoms. The van der Waals surface area contributed by atoms with Crippen LogP contribution in [0.4, 0.5) is 0 Å². The number of phosphoric acid groups is 4. The molecule has 0 spiro atoms. The van der Waals surface area contributed by atoms with Gasteiger partial charge in [-0.3, -0.25) is 22.9 Å². The number of ether oxygens (including phenoxy) is 2. The van der Waals surface area contributed by atoms with Crippen LogP contribution in [0, 0.1) is 0 Å². The SMILES string of the molecule is CCCCCCCCO[C@H]1[C@@H](OC(=O)CCC)[C@@H](OP(=O)(O)O)[C@H](OP(=O)(O)O)[C@@H](OP(=O)(O)O)[C@@H]1OP(=O)(O)O. The highest BCUT2D eigenvalue weighted by molar-refractivity contribution is 7.47. The van der Waals surface area contributed by atoms with Crippen LogP contribution in [0.3, 0.4) is 0 Å². The van der Waals surface area contributed by atoms with E-state index in [1.165, 1.54) is 0 Å². The first-order valence-corrected chi connectivity index (χ1v) is 18.6. The monoisotopic (exact) mass is 682 g/mol. The molecule has 244 valence electrons. The largest absolute Gasteiger partial charge is 0.470 e. The average Bonchev–Trinajstić information content (AvgIpc) is 2.76. The van der Waals surface area contributed by atoms with Gasteiger partial charge in [0.05, 0.1) is 0 Å². The molecule has 6 atom stereocenters. The summed E-state index contributed by atoms with van der Waals surface area (Å²) in [5.74, 6) is -1.07. The van der Waals surface area contributed by atoms with E-state index in [2.05, 4.69) is 18.1 Å². The topological polar surface area (TPSA) is 303 Å². The standard InChI is InChI=1S/C18H38O19P4/c1-3-5-6-7-8-9-11-32-13-14(33-12(19)10-4-2)16(35-39(23,24)25)18(37-41(29,30)31)17(36-40(26,27)28)15(13)34-38(20,21)22/h13-18H,3-11H2,1-2H3,(H2,20,21,22)(H2,23,24,25)(H2,26,27,28)(H2,29,30,31)/t13-,14+,15+,16+,17-,18-/m0/s1. The second-order valence-electron chi connectivity index (χ2n) is 9.05. The molecule has 0 radical (unpaired) electrons. The molecule has 0 heterocycles. The molecule has 1 aliphatic rings. The van der Waals surface area contributed by atoms with Crippen molar-refractivity contribution in [3.63, 3.8) is 0 Å². The van der Waals surface area contributed by atoms with Crippen LogP contribution in [0.15, 0.2) is 0 Å². The van der Waals surface area contributed by atoms with Gasteiger partial charge in [-0.1, -0.05) is 46.0 Å². The average molecular weight is 682 g/mol. The normalized spacial score (nSPS) is 26.2. The fourth-order valence-corrected chi connectivity index (χ4v) is 6.30. The van der Waals surface area contributed by atoms with Crippen LogP contribution in [-0.2, 0) is 50.6 Å². The lowest BCUT2D eigenvalue weighted by Crippen LogP contribution is -2.67. The highest BCUT2D eigenvalue weighted by Crippen LogP contribution is 2.53. The number of phosphoric ester groups is 4. The smallest absolute Gasteiger partial charge is 0.457 e. The third kappa shape index (κ3) is 16.0. The molecule has 19 nitrogen and oxygen atoms in total. The van der Waals surface area contributed by atoms with E-state index in [1.807, 2.05) is 6.92 Å². The molecule has 0 unspecified atom stereocenters. The van der Waals surface area contributed by atoms with Gasteiger partial charge in [-0.05, 0) is 12.8 Å². The fraction of sp³-hybridized carbons (Fsp3) is 0.944. The third-order valence-corrected chi connectivity index (χ3v) is 7.58. The van der Waals surface area contributed by atoms with Crippen LogP contribution in [0.5, 0.6) is 0 Å². The number of rotatable bonds is 19. The maximum atomic E-state index is 12.5. The highest BCUT2D eigenvalue weighted by Gasteiger charge is 2.61. The van der Waals surface area contributed by atoms with Gasteiger partial charge in [0.15, 0.2) is 6.10 Å². The van der Waals surface area contributed by atoms with Gasteiger partial charge in [0.25, 0.3) is 0 Å². The first-order chi connectivity index (χ1) is 18.7. The van der Waals surface area contributed by atoms with Gasteiger partial charge in [-0.15, -0.1) is 0 Å². The molecule has 1 aliphatic carbocycles. The molecule has 8 N–H and O–H groups in total. The summed E-state index contributed by atoms with van der Waals surface area (Å²) in [5, 5.41) is 0. The predicted octanol–water partition coefficient (Wildman–Crippen LogP) is 1.37. The summed E-state index contributed by atoms with van der Waals surface area (Å²) >= 11 is 0. The number of carbonyl (C=O) groups excluding carboxylic acids is 1. The van der Waals surface area contributed by atoms with Crippen LogP contribution in [0.1, 0.15) is 65.2 Å². The number of esters is 1. The van der Waals surface area contributed by atoms with Gasteiger partial charge in [-0.2, -0.15) is 0 Å². The number of carbonyl (C=O) groups is 1. The zero-order chi connectivity index (χ0) is 31.6. The molecule has 0 saturated heterocycles. The second-order valence-corrected chi connectivity index (χ2v) is 13.8. The predicted molar refractivity (Wildman–Crippen MR) is 136 cm³/mol. The first kappa shape index (κ1) is 38.9. The molecule has 0 aromatic heterocycles. The Morgan fingerprint density at radius 1 is 0.537 bits per heavy atom. The lowest BCUT2D eigenvalue weighted by molar-refractivity contribution is -0.232. The summed E-state index contributed by atoms with van der Waals surface area (Å²) in [7, 11) is -22.8. The minimum absolute atomic E-state index is 0.188. The molecule has 0 bridgehead atoms. The quantitative estimate of drug-likeness (QED) is 0.0542. The zero-order valence-corrected chi connectivity index (χ0v) is 25.8. The summed E-state index contributed by atoms with van der Waals surface area (Å²) in [6.07, 6.45) is -10.0. The van der Waals surface area contributed by atoms with Crippen molar-refractivity contribution in [2.45, 2.75) is 102 Å². The summed E-state index contributed by atoms with van der Waals surface area (Å²) in [6, 6.07) is 0. The molecule has 1 saturated carbocycles. The summed E-state index contributed by atoms with van der Waals surface area (Å²) in [6.45, 7) is 3.31. The van der Waals surface area contributed by atoms with Crippen molar-refractivity contribution in [2.24, 2.45) is 0 Å². The molecule has 0 aliphatic heterocycles. The van der Waals surface area contributed by atoms with Crippen molar-refractivity contribution in [1.82, 2.24) is 0 Å². The van der Waals surface area contributed by atoms with Crippen molar-refractivity contribution in [3.8, 4) is 0 Å². The van der Waals surface area contributed by atoms with Crippen molar-refractivity contribution in [3.05, 3.63) is 0 Å². The summed E-state index contributed by atoms with van der Waals surface area (Å²) in [4.78, 5) is 88.5. The summed E-state index contributed by atoms with van der Waals surface area (Å²) < 4.78 is 76.5. The van der Waals surface area contributed by atoms with E-state index in [9.17, 15) is 62.2 Å². The second kappa shape index (κ2) is 16.8. The molecule has 0 aromatic carbocycles. The molecular weight excluding hydrogens is 644 g/mol. The molecule has 41 heavy (non-hydrogen) atoms. The Labute approximate surface area is 235 Å². The molecule has 1 fully saturated rings. The van der Waals surface area contributed by atoms with Gasteiger partial charge in [0.2, 0.25) is 0 Å². The maximum absolute atomic E-state index is 12.5. The van der Waals surface area contributed by atoms with Crippen molar-refractivity contribution in [1.29, 1.82) is 0 Å². The Hall–Kier alpha value is -0.130. The number of hydrogen-bond donors (Lipinski definition) is 8. The van der Waals surface area contributed by atoms with E-state index >= 15 is 0 Å². The third-order valence-electron chi connectivity index (χ3n) is 5.51. The minimum atomic E-state index is -5.75. The Morgan fingerprint density at radius 2 is 0.902 bits per heavy atom. The molecule has 1 rings (SSSR count). The Bertz CT molecular complexity index is 1000. The fourth-order valence-electron chi connectivity index (χ4n) is 4.08. The van der Waals surface area contributed by atoms with Gasteiger partial charge in [-0.25, -0.2) is 18.3 Å². The van der Waals surface area contributed by atoms with Gasteiger partial charge < -0.3 is 48.6 Å².